The molecule has 0 aromatic heterocycles. The summed E-state index contributed by atoms with van der Waals surface area (Å²) in [5.74, 6) is 1.12. The Balaban J connectivity index is 4.01. The highest BCUT2D eigenvalue weighted by atomic mass is 32.2. The Hall–Kier alpha value is -0.220. The Morgan fingerprint density at radius 3 is 2.43 bits per heavy atom. The van der Waals surface area contributed by atoms with Crippen LogP contribution in [0.1, 0.15) is 27.2 Å². The van der Waals surface area contributed by atoms with Gasteiger partial charge in [0.05, 0.1) is 6.04 Å². The van der Waals surface area contributed by atoms with Crippen LogP contribution in [0.15, 0.2) is 0 Å². The molecule has 14 heavy (non-hydrogen) atoms. The van der Waals surface area contributed by atoms with Crippen LogP contribution in [0.3, 0.4) is 0 Å². The van der Waals surface area contributed by atoms with Gasteiger partial charge >= 0.3 is 0 Å². The molecule has 0 aromatic carbocycles. The smallest absolute Gasteiger partial charge is 0.237 e. The van der Waals surface area contributed by atoms with Gasteiger partial charge in [0.2, 0.25) is 5.91 Å². The first kappa shape index (κ1) is 13.8. The second-order valence-corrected chi connectivity index (χ2v) is 4.75. The largest absolute Gasteiger partial charge is 0.351 e. The molecular formula is C10H22N2OS. The molecule has 1 amide bonds. The maximum atomic E-state index is 11.6. The first-order valence-electron chi connectivity index (χ1n) is 5.07. The topological polar surface area (TPSA) is 55.1 Å². The second-order valence-electron chi connectivity index (χ2n) is 3.84. The van der Waals surface area contributed by atoms with Crippen molar-refractivity contribution in [1.29, 1.82) is 0 Å². The Labute approximate surface area is 91.2 Å². The first-order chi connectivity index (χ1) is 6.52. The summed E-state index contributed by atoms with van der Waals surface area (Å²) in [6, 6.07) is -0.131. The molecule has 0 saturated heterocycles. The van der Waals surface area contributed by atoms with Crippen LogP contribution in [-0.2, 0) is 4.79 Å². The maximum Gasteiger partial charge on any atom is 0.237 e. The average Bonchev–Trinajstić information content (AvgIpc) is 2.15. The van der Waals surface area contributed by atoms with E-state index in [-0.39, 0.29) is 23.9 Å². The van der Waals surface area contributed by atoms with Crippen molar-refractivity contribution in [3.05, 3.63) is 0 Å². The predicted molar refractivity (Wildman–Crippen MR) is 63.4 cm³/mol. The van der Waals surface area contributed by atoms with Crippen LogP contribution < -0.4 is 11.1 Å². The minimum Gasteiger partial charge on any atom is -0.351 e. The Morgan fingerprint density at radius 2 is 2.07 bits per heavy atom. The molecule has 0 aliphatic heterocycles. The highest BCUT2D eigenvalue weighted by molar-refractivity contribution is 7.98. The number of hydrogen-bond donors (Lipinski definition) is 2. The molecule has 0 fully saturated rings. The molecule has 0 aliphatic carbocycles. The molecule has 3 nitrogen and oxygen atoms in total. The van der Waals surface area contributed by atoms with Crippen molar-refractivity contribution >= 4 is 17.7 Å². The fourth-order valence-electron chi connectivity index (χ4n) is 1.06. The molecule has 4 heteroatoms. The number of amides is 1. The number of nitrogens with two attached hydrogens (primary N) is 1. The third-order valence-electron chi connectivity index (χ3n) is 2.23. The van der Waals surface area contributed by atoms with E-state index in [1.807, 2.05) is 20.1 Å². The van der Waals surface area contributed by atoms with Crippen molar-refractivity contribution in [3.63, 3.8) is 0 Å². The van der Waals surface area contributed by atoms with E-state index in [0.717, 1.165) is 12.2 Å². The van der Waals surface area contributed by atoms with E-state index in [1.165, 1.54) is 0 Å². The summed E-state index contributed by atoms with van der Waals surface area (Å²) in [5, 5.41) is 2.96. The van der Waals surface area contributed by atoms with Gasteiger partial charge in [-0.25, -0.2) is 0 Å². The quantitative estimate of drug-likeness (QED) is 0.705. The van der Waals surface area contributed by atoms with E-state index < -0.39 is 0 Å². The fourth-order valence-corrected chi connectivity index (χ4v) is 1.78. The van der Waals surface area contributed by atoms with Gasteiger partial charge in [-0.15, -0.1) is 0 Å². The lowest BCUT2D eigenvalue weighted by atomic mass is 10.0. The third-order valence-corrected chi connectivity index (χ3v) is 2.96. The minimum absolute atomic E-state index is 0.0269. The summed E-state index contributed by atoms with van der Waals surface area (Å²) < 4.78 is 0. The maximum absolute atomic E-state index is 11.6. The zero-order valence-electron chi connectivity index (χ0n) is 9.54. The van der Waals surface area contributed by atoms with Gasteiger partial charge in [0.1, 0.15) is 0 Å². The van der Waals surface area contributed by atoms with Crippen LogP contribution in [0.25, 0.3) is 0 Å². The summed E-state index contributed by atoms with van der Waals surface area (Å²) in [6.07, 6.45) is 2.99. The highest BCUT2D eigenvalue weighted by Gasteiger charge is 2.19. The van der Waals surface area contributed by atoms with Gasteiger partial charge in [0, 0.05) is 11.8 Å². The van der Waals surface area contributed by atoms with Crippen LogP contribution in [0.2, 0.25) is 0 Å². The first-order valence-corrected chi connectivity index (χ1v) is 6.47. The van der Waals surface area contributed by atoms with Gasteiger partial charge in [0.25, 0.3) is 0 Å². The van der Waals surface area contributed by atoms with E-state index in [0.29, 0.717) is 0 Å². The molecule has 0 aliphatic rings. The molecule has 0 rings (SSSR count). The summed E-state index contributed by atoms with van der Waals surface area (Å²) in [6.45, 7) is 5.99. The fraction of sp³-hybridized carbons (Fsp3) is 0.900. The average molecular weight is 218 g/mol. The molecule has 2 atom stereocenters. The second kappa shape index (κ2) is 7.12. The predicted octanol–water partition coefficient (Wildman–Crippen LogP) is 1.23. The van der Waals surface area contributed by atoms with Gasteiger partial charge in [0.15, 0.2) is 0 Å². The van der Waals surface area contributed by atoms with Gasteiger partial charge in [-0.1, -0.05) is 20.8 Å². The molecule has 0 heterocycles. The molecule has 84 valence electrons. The van der Waals surface area contributed by atoms with E-state index in [9.17, 15) is 4.79 Å². The molecule has 0 radical (unpaired) electrons. The van der Waals surface area contributed by atoms with Gasteiger partial charge in [-0.3, -0.25) is 4.79 Å². The number of thioether (sulfide) groups is 1. The molecule has 0 aromatic rings. The number of hydrogen-bond acceptors (Lipinski definition) is 3. The summed E-state index contributed by atoms with van der Waals surface area (Å²) >= 11 is 1.74. The lowest BCUT2D eigenvalue weighted by molar-refractivity contribution is -0.123. The standard InChI is InChI=1S/C10H22N2OS/c1-5-8(6-14-4)12-10(13)9(11)7(2)3/h7-9H,5-6,11H2,1-4H3,(H,12,13)/t8?,9-/m1/s1. The van der Waals surface area contributed by atoms with Crippen molar-refractivity contribution in [2.24, 2.45) is 11.7 Å². The van der Waals surface area contributed by atoms with E-state index >= 15 is 0 Å². The monoisotopic (exact) mass is 218 g/mol. The van der Waals surface area contributed by atoms with Gasteiger partial charge < -0.3 is 11.1 Å². The van der Waals surface area contributed by atoms with E-state index in [4.69, 9.17) is 5.73 Å². The molecule has 1 unspecified atom stereocenters. The summed E-state index contributed by atoms with van der Waals surface area (Å²) in [5.41, 5.74) is 5.74. The van der Waals surface area contributed by atoms with Crippen molar-refractivity contribution in [1.82, 2.24) is 5.32 Å². The van der Waals surface area contributed by atoms with Gasteiger partial charge in [-0.2, -0.15) is 11.8 Å². The Morgan fingerprint density at radius 1 is 1.50 bits per heavy atom. The van der Waals surface area contributed by atoms with Crippen molar-refractivity contribution in [3.8, 4) is 0 Å². The van der Waals surface area contributed by atoms with Gasteiger partial charge in [-0.05, 0) is 18.6 Å². The van der Waals surface area contributed by atoms with Crippen LogP contribution in [0, 0.1) is 5.92 Å². The minimum atomic E-state index is -0.383. The lowest BCUT2D eigenvalue weighted by Crippen LogP contribution is -2.48. The molecule has 3 N–H and O–H groups in total. The highest BCUT2D eigenvalue weighted by Crippen LogP contribution is 2.03. The lowest BCUT2D eigenvalue weighted by Gasteiger charge is -2.20. The Bertz CT molecular complexity index is 174. The summed E-state index contributed by atoms with van der Waals surface area (Å²) in [7, 11) is 0. The van der Waals surface area contributed by atoms with Crippen molar-refractivity contribution in [2.45, 2.75) is 39.3 Å². The molecule has 0 saturated carbocycles. The van der Waals surface area contributed by atoms with Crippen LogP contribution in [0.5, 0.6) is 0 Å². The van der Waals surface area contributed by atoms with Crippen molar-refractivity contribution in [2.75, 3.05) is 12.0 Å². The number of carbonyl (C=O) groups is 1. The third kappa shape index (κ3) is 4.86. The number of carbonyl (C=O) groups excluding carboxylic acids is 1. The van der Waals surface area contributed by atoms with Crippen molar-refractivity contribution < 1.29 is 4.79 Å². The van der Waals surface area contributed by atoms with Crippen LogP contribution in [-0.4, -0.2) is 30.0 Å². The number of rotatable bonds is 6. The van der Waals surface area contributed by atoms with Crippen LogP contribution in [0.4, 0.5) is 0 Å². The van der Waals surface area contributed by atoms with E-state index in [1.54, 1.807) is 11.8 Å². The zero-order valence-corrected chi connectivity index (χ0v) is 10.4. The summed E-state index contributed by atoms with van der Waals surface area (Å²) in [4.78, 5) is 11.6. The SMILES string of the molecule is CCC(CSC)NC(=O)[C@H](N)C(C)C. The van der Waals surface area contributed by atoms with E-state index in [2.05, 4.69) is 12.2 Å². The number of nitrogens with one attached hydrogen (secondary N) is 1. The molecule has 0 spiro atoms. The molecule has 0 bridgehead atoms. The zero-order chi connectivity index (χ0) is 11.1. The Kier molecular flexibility index (Phi) is 7.01. The normalized spacial score (nSPS) is 15.3. The molecular weight excluding hydrogens is 196 g/mol. The van der Waals surface area contributed by atoms with Crippen LogP contribution >= 0.6 is 11.8 Å².